The van der Waals surface area contributed by atoms with Crippen LogP contribution in [0, 0.1) is 16.0 Å². The van der Waals surface area contributed by atoms with Gasteiger partial charge in [-0.3, -0.25) is 10.1 Å². The highest BCUT2D eigenvalue weighted by molar-refractivity contribution is 5.69. The second-order valence-corrected chi connectivity index (χ2v) is 5.50. The smallest absolute Gasteiger partial charge is 0.333 e. The number of para-hydroxylation sites is 1. The third-order valence-electron chi connectivity index (χ3n) is 4.40. The molecule has 0 radical (unpaired) electrons. The molecule has 1 aliphatic heterocycles. The molecule has 2 aliphatic rings. The molecule has 0 spiro atoms. The molecule has 0 amide bonds. The van der Waals surface area contributed by atoms with Gasteiger partial charge in [0.25, 0.3) is 0 Å². The molecule has 2 fully saturated rings. The van der Waals surface area contributed by atoms with E-state index in [9.17, 15) is 10.1 Å². The molecule has 0 aromatic heterocycles. The van der Waals surface area contributed by atoms with Gasteiger partial charge in [-0.25, -0.2) is 0 Å². The third-order valence-corrected chi connectivity index (χ3v) is 4.40. The SMILES string of the molecule is COc1cccc(NC2C(N)C3CCCOC32)c1[N+](=O)[O-]. The van der Waals surface area contributed by atoms with Crippen LogP contribution in [0.2, 0.25) is 0 Å². The number of nitro benzene ring substituents is 1. The summed E-state index contributed by atoms with van der Waals surface area (Å²) in [4.78, 5) is 10.8. The quantitative estimate of drug-likeness (QED) is 0.645. The van der Waals surface area contributed by atoms with Crippen molar-refractivity contribution in [3.63, 3.8) is 0 Å². The number of methoxy groups -OCH3 is 1. The Hall–Kier alpha value is -1.86. The summed E-state index contributed by atoms with van der Waals surface area (Å²) in [7, 11) is 1.42. The lowest BCUT2D eigenvalue weighted by molar-refractivity contribution is -0.384. The van der Waals surface area contributed by atoms with Crippen LogP contribution in [0.3, 0.4) is 0 Å². The Kier molecular flexibility index (Phi) is 3.69. The highest BCUT2D eigenvalue weighted by atomic mass is 16.6. The van der Waals surface area contributed by atoms with Crippen molar-refractivity contribution in [3.8, 4) is 5.75 Å². The lowest BCUT2D eigenvalue weighted by Gasteiger charge is -2.52. The maximum atomic E-state index is 11.3. The van der Waals surface area contributed by atoms with E-state index in [1.807, 2.05) is 0 Å². The van der Waals surface area contributed by atoms with Gasteiger partial charge in [0, 0.05) is 18.6 Å². The molecule has 1 saturated carbocycles. The minimum absolute atomic E-state index is 0.0406. The summed E-state index contributed by atoms with van der Waals surface area (Å²) in [5.41, 5.74) is 6.54. The summed E-state index contributed by atoms with van der Waals surface area (Å²) in [5, 5.41) is 14.5. The number of fused-ring (bicyclic) bond motifs is 1. The van der Waals surface area contributed by atoms with Gasteiger partial charge in [0.1, 0.15) is 5.69 Å². The summed E-state index contributed by atoms with van der Waals surface area (Å²) in [6, 6.07) is 4.83. The van der Waals surface area contributed by atoms with Crippen LogP contribution in [0.25, 0.3) is 0 Å². The van der Waals surface area contributed by atoms with E-state index in [4.69, 9.17) is 15.2 Å². The lowest BCUT2D eigenvalue weighted by atomic mass is 9.68. The van der Waals surface area contributed by atoms with Crippen LogP contribution in [-0.4, -0.2) is 36.8 Å². The number of nitrogens with zero attached hydrogens (tertiary/aromatic N) is 1. The molecule has 7 nitrogen and oxygen atoms in total. The molecular formula is C14H19N3O4. The van der Waals surface area contributed by atoms with Crippen LogP contribution in [0.5, 0.6) is 5.75 Å². The van der Waals surface area contributed by atoms with Crippen LogP contribution in [-0.2, 0) is 4.74 Å². The lowest BCUT2D eigenvalue weighted by Crippen LogP contribution is -2.69. The Morgan fingerprint density at radius 3 is 3.05 bits per heavy atom. The summed E-state index contributed by atoms with van der Waals surface area (Å²) in [6.07, 6.45) is 2.13. The van der Waals surface area contributed by atoms with E-state index in [1.165, 1.54) is 7.11 Å². The predicted molar refractivity (Wildman–Crippen MR) is 77.5 cm³/mol. The number of ether oxygens (including phenoxy) is 2. The Morgan fingerprint density at radius 2 is 2.33 bits per heavy atom. The first-order valence-electron chi connectivity index (χ1n) is 7.08. The van der Waals surface area contributed by atoms with E-state index < -0.39 is 4.92 Å². The second-order valence-electron chi connectivity index (χ2n) is 5.50. The normalized spacial score (nSPS) is 31.0. The van der Waals surface area contributed by atoms with Gasteiger partial charge in [-0.2, -0.15) is 0 Å². The minimum atomic E-state index is -0.440. The van der Waals surface area contributed by atoms with E-state index in [2.05, 4.69) is 5.32 Å². The molecule has 114 valence electrons. The van der Waals surface area contributed by atoms with Crippen LogP contribution >= 0.6 is 0 Å². The van der Waals surface area contributed by atoms with E-state index >= 15 is 0 Å². The number of hydrogen-bond donors (Lipinski definition) is 2. The standard InChI is InChI=1S/C14H19N3O4/c1-20-10-6-2-5-9(13(10)17(18)19)16-12-11(15)8-4-3-7-21-14(8)12/h2,5-6,8,11-12,14,16H,3-4,7,15H2,1H3. The van der Waals surface area contributed by atoms with Gasteiger partial charge >= 0.3 is 5.69 Å². The molecule has 4 unspecified atom stereocenters. The highest BCUT2D eigenvalue weighted by Gasteiger charge is 2.51. The van der Waals surface area contributed by atoms with E-state index in [0.29, 0.717) is 11.6 Å². The van der Waals surface area contributed by atoms with Gasteiger partial charge in [0.05, 0.1) is 24.2 Å². The number of nitro groups is 1. The molecule has 1 aromatic carbocycles. The average Bonchev–Trinajstić information content (AvgIpc) is 2.51. The number of nitrogens with two attached hydrogens (primary N) is 1. The first-order valence-corrected chi connectivity index (χ1v) is 7.08. The molecule has 1 aliphatic carbocycles. The maximum Gasteiger partial charge on any atom is 0.333 e. The van der Waals surface area contributed by atoms with Crippen molar-refractivity contribution in [2.75, 3.05) is 19.0 Å². The van der Waals surface area contributed by atoms with Gasteiger partial charge < -0.3 is 20.5 Å². The molecule has 1 aromatic rings. The Morgan fingerprint density at radius 1 is 1.52 bits per heavy atom. The summed E-state index contributed by atoms with van der Waals surface area (Å²) >= 11 is 0. The van der Waals surface area contributed by atoms with Crippen molar-refractivity contribution in [2.24, 2.45) is 11.7 Å². The summed E-state index contributed by atoms with van der Waals surface area (Å²) < 4.78 is 10.8. The summed E-state index contributed by atoms with van der Waals surface area (Å²) in [6.45, 7) is 0.728. The fourth-order valence-electron chi connectivity index (χ4n) is 3.30. The van der Waals surface area contributed by atoms with Gasteiger partial charge in [0.2, 0.25) is 0 Å². The zero-order chi connectivity index (χ0) is 15.0. The van der Waals surface area contributed by atoms with Crippen molar-refractivity contribution >= 4 is 11.4 Å². The largest absolute Gasteiger partial charge is 0.490 e. The number of benzene rings is 1. The Labute approximate surface area is 122 Å². The minimum Gasteiger partial charge on any atom is -0.490 e. The van der Waals surface area contributed by atoms with E-state index in [-0.39, 0.29) is 29.6 Å². The highest BCUT2D eigenvalue weighted by Crippen LogP contribution is 2.41. The molecule has 4 atom stereocenters. The molecule has 7 heteroatoms. The summed E-state index contributed by atoms with van der Waals surface area (Å²) in [5.74, 6) is 0.583. The van der Waals surface area contributed by atoms with Gasteiger partial charge in [-0.05, 0) is 25.0 Å². The van der Waals surface area contributed by atoms with Gasteiger partial charge in [-0.1, -0.05) is 6.07 Å². The molecule has 1 saturated heterocycles. The molecule has 21 heavy (non-hydrogen) atoms. The van der Waals surface area contributed by atoms with E-state index in [1.54, 1.807) is 18.2 Å². The van der Waals surface area contributed by atoms with Crippen molar-refractivity contribution in [2.45, 2.75) is 31.0 Å². The zero-order valence-electron chi connectivity index (χ0n) is 11.8. The monoisotopic (exact) mass is 293 g/mol. The number of hydrogen-bond acceptors (Lipinski definition) is 6. The van der Waals surface area contributed by atoms with Crippen molar-refractivity contribution in [1.82, 2.24) is 0 Å². The number of rotatable bonds is 4. The number of anilines is 1. The molecule has 3 N–H and O–H groups in total. The molecule has 1 heterocycles. The van der Waals surface area contributed by atoms with Crippen molar-refractivity contribution in [3.05, 3.63) is 28.3 Å². The topological polar surface area (TPSA) is 99.7 Å². The number of nitrogens with one attached hydrogen (secondary N) is 1. The first-order chi connectivity index (χ1) is 10.1. The molecule has 0 bridgehead atoms. The predicted octanol–water partition coefficient (Wildman–Crippen LogP) is 1.52. The third kappa shape index (κ3) is 2.32. The van der Waals surface area contributed by atoms with Crippen molar-refractivity contribution in [1.29, 1.82) is 0 Å². The second kappa shape index (κ2) is 5.50. The maximum absolute atomic E-state index is 11.3. The van der Waals surface area contributed by atoms with Gasteiger partial charge in [0.15, 0.2) is 5.75 Å². The average molecular weight is 293 g/mol. The van der Waals surface area contributed by atoms with Crippen LogP contribution in [0.15, 0.2) is 18.2 Å². The Balaban J connectivity index is 1.83. The van der Waals surface area contributed by atoms with Gasteiger partial charge in [-0.15, -0.1) is 0 Å². The van der Waals surface area contributed by atoms with E-state index in [0.717, 1.165) is 19.4 Å². The fourth-order valence-corrected chi connectivity index (χ4v) is 3.30. The van der Waals surface area contributed by atoms with Crippen molar-refractivity contribution < 1.29 is 14.4 Å². The van der Waals surface area contributed by atoms with Crippen LogP contribution < -0.4 is 15.8 Å². The zero-order valence-corrected chi connectivity index (χ0v) is 11.8. The fraction of sp³-hybridized carbons (Fsp3) is 0.571. The van der Waals surface area contributed by atoms with Crippen LogP contribution in [0.4, 0.5) is 11.4 Å². The molecular weight excluding hydrogens is 274 g/mol. The first kappa shape index (κ1) is 14.1. The molecule has 3 rings (SSSR count). The Bertz CT molecular complexity index is 551. The van der Waals surface area contributed by atoms with Crippen LogP contribution in [0.1, 0.15) is 12.8 Å².